The first-order valence-corrected chi connectivity index (χ1v) is 5.48. The van der Waals surface area contributed by atoms with Crippen LogP contribution in [0.1, 0.15) is 16.7 Å². The van der Waals surface area contributed by atoms with Crippen LogP contribution in [0.3, 0.4) is 0 Å². The predicted octanol–water partition coefficient (Wildman–Crippen LogP) is 4.25. The first-order chi connectivity index (χ1) is 7.93. The summed E-state index contributed by atoms with van der Waals surface area (Å²) in [4.78, 5) is 0. The number of fused-ring (bicyclic) bond motifs is 1. The lowest BCUT2D eigenvalue weighted by atomic mass is 10.0. The Kier molecular flexibility index (Phi) is 2.19. The molecule has 0 atom stereocenters. The summed E-state index contributed by atoms with van der Waals surface area (Å²) in [6.07, 6.45) is 6.57. The van der Waals surface area contributed by atoms with Gasteiger partial charge in [0, 0.05) is 0 Å². The van der Waals surface area contributed by atoms with Crippen molar-refractivity contribution >= 4 is 17.7 Å². The zero-order chi connectivity index (χ0) is 10.8. The molecule has 0 radical (unpaired) electrons. The lowest BCUT2D eigenvalue weighted by Crippen LogP contribution is -1.79. The average Bonchev–Trinajstić information content (AvgIpc) is 2.74. The topological polar surface area (TPSA) is 0 Å². The average molecular weight is 204 g/mol. The fourth-order valence-corrected chi connectivity index (χ4v) is 2.03. The third-order valence-electron chi connectivity index (χ3n) is 2.84. The van der Waals surface area contributed by atoms with Crippen LogP contribution in [-0.2, 0) is 0 Å². The van der Waals surface area contributed by atoms with E-state index in [1.165, 1.54) is 22.3 Å². The maximum absolute atomic E-state index is 2.22. The highest BCUT2D eigenvalue weighted by Crippen LogP contribution is 2.30. The van der Waals surface area contributed by atoms with Gasteiger partial charge >= 0.3 is 0 Å². The minimum atomic E-state index is 1.25. The second-order valence-electron chi connectivity index (χ2n) is 3.93. The van der Waals surface area contributed by atoms with Crippen molar-refractivity contribution in [1.29, 1.82) is 0 Å². The Balaban J connectivity index is 2.06. The van der Waals surface area contributed by atoms with Crippen LogP contribution in [0, 0.1) is 0 Å². The quantitative estimate of drug-likeness (QED) is 0.651. The number of rotatable bonds is 1. The molecule has 76 valence electrons. The van der Waals surface area contributed by atoms with Gasteiger partial charge in [0.15, 0.2) is 0 Å². The second kappa shape index (κ2) is 3.82. The molecule has 0 bridgehead atoms. The predicted molar refractivity (Wildman–Crippen MR) is 69.8 cm³/mol. The molecule has 2 aromatic rings. The minimum Gasteiger partial charge on any atom is -0.0622 e. The van der Waals surface area contributed by atoms with Gasteiger partial charge in [-0.15, -0.1) is 0 Å². The lowest BCUT2D eigenvalue weighted by Gasteiger charge is -2.00. The zero-order valence-corrected chi connectivity index (χ0v) is 8.93. The van der Waals surface area contributed by atoms with Crippen LogP contribution in [-0.4, -0.2) is 0 Å². The van der Waals surface area contributed by atoms with Crippen molar-refractivity contribution in [3.63, 3.8) is 0 Å². The van der Waals surface area contributed by atoms with Gasteiger partial charge in [-0.1, -0.05) is 66.7 Å². The molecule has 0 saturated carbocycles. The summed E-state index contributed by atoms with van der Waals surface area (Å²) in [5.41, 5.74) is 5.18. The number of hydrogen-bond donors (Lipinski definition) is 0. The number of hydrogen-bond acceptors (Lipinski definition) is 0. The molecule has 0 heteroatoms. The van der Waals surface area contributed by atoms with E-state index in [1.807, 2.05) is 6.07 Å². The molecule has 0 saturated heterocycles. The van der Waals surface area contributed by atoms with Crippen molar-refractivity contribution in [3.8, 4) is 0 Å². The molecule has 0 aliphatic heterocycles. The normalized spacial score (nSPS) is 15.4. The molecule has 16 heavy (non-hydrogen) atoms. The molecule has 2 aromatic carbocycles. The molecule has 1 aliphatic rings. The molecule has 0 aromatic heterocycles. The number of benzene rings is 2. The number of allylic oxidation sites excluding steroid dienone is 2. The van der Waals surface area contributed by atoms with Crippen LogP contribution in [0.5, 0.6) is 0 Å². The van der Waals surface area contributed by atoms with Gasteiger partial charge in [-0.2, -0.15) is 0 Å². The Morgan fingerprint density at radius 3 is 2.31 bits per heavy atom. The van der Waals surface area contributed by atoms with E-state index < -0.39 is 0 Å². The van der Waals surface area contributed by atoms with E-state index in [0.717, 1.165) is 0 Å². The Hall–Kier alpha value is -2.08. The standard InChI is InChI=1S/C16H12/c1-2-6-13(7-3-1)12-15-11-10-14-8-4-5-9-16(14)15/h1-12H/b15-12+. The monoisotopic (exact) mass is 204 g/mol. The van der Waals surface area contributed by atoms with Gasteiger partial charge in [-0.3, -0.25) is 0 Å². The molecular formula is C16H12. The summed E-state index contributed by atoms with van der Waals surface area (Å²) in [6.45, 7) is 0. The van der Waals surface area contributed by atoms with E-state index in [1.54, 1.807) is 0 Å². The summed E-state index contributed by atoms with van der Waals surface area (Å²) >= 11 is 0. The van der Waals surface area contributed by atoms with Crippen molar-refractivity contribution < 1.29 is 0 Å². The van der Waals surface area contributed by atoms with Gasteiger partial charge in [0.05, 0.1) is 0 Å². The van der Waals surface area contributed by atoms with Crippen LogP contribution >= 0.6 is 0 Å². The molecule has 0 spiro atoms. The largest absolute Gasteiger partial charge is 0.0622 e. The van der Waals surface area contributed by atoms with Gasteiger partial charge in [0.2, 0.25) is 0 Å². The summed E-state index contributed by atoms with van der Waals surface area (Å²) in [7, 11) is 0. The fraction of sp³-hybridized carbons (Fsp3) is 0. The smallest absolute Gasteiger partial charge is 0.0111 e. The second-order valence-corrected chi connectivity index (χ2v) is 3.93. The molecule has 0 amide bonds. The zero-order valence-electron chi connectivity index (χ0n) is 8.93. The van der Waals surface area contributed by atoms with E-state index in [4.69, 9.17) is 0 Å². The van der Waals surface area contributed by atoms with Gasteiger partial charge < -0.3 is 0 Å². The van der Waals surface area contributed by atoms with E-state index in [0.29, 0.717) is 0 Å². The molecule has 0 unspecified atom stereocenters. The maximum atomic E-state index is 2.22. The first kappa shape index (κ1) is 9.17. The third kappa shape index (κ3) is 1.59. The Bertz CT molecular complexity index is 560. The third-order valence-corrected chi connectivity index (χ3v) is 2.84. The maximum Gasteiger partial charge on any atom is -0.0111 e. The lowest BCUT2D eigenvalue weighted by molar-refractivity contribution is 1.61. The van der Waals surface area contributed by atoms with Crippen LogP contribution in [0.15, 0.2) is 60.7 Å². The molecule has 0 fully saturated rings. The fourth-order valence-electron chi connectivity index (χ4n) is 2.03. The van der Waals surface area contributed by atoms with Gasteiger partial charge in [-0.25, -0.2) is 0 Å². The minimum absolute atomic E-state index is 1.25. The Morgan fingerprint density at radius 1 is 0.688 bits per heavy atom. The summed E-state index contributed by atoms with van der Waals surface area (Å²) in [5, 5.41) is 0. The molecule has 0 nitrogen and oxygen atoms in total. The Morgan fingerprint density at radius 2 is 1.44 bits per heavy atom. The van der Waals surface area contributed by atoms with E-state index in [2.05, 4.69) is 66.8 Å². The van der Waals surface area contributed by atoms with E-state index in [-0.39, 0.29) is 0 Å². The van der Waals surface area contributed by atoms with Crippen molar-refractivity contribution in [3.05, 3.63) is 77.4 Å². The van der Waals surface area contributed by atoms with Crippen molar-refractivity contribution in [2.75, 3.05) is 0 Å². The highest BCUT2D eigenvalue weighted by molar-refractivity contribution is 5.97. The SMILES string of the molecule is C1=Cc2ccccc2/C1=C/c1ccccc1. The van der Waals surface area contributed by atoms with Crippen LogP contribution in [0.25, 0.3) is 17.7 Å². The Labute approximate surface area is 95.6 Å². The molecule has 3 rings (SSSR count). The molecule has 0 heterocycles. The highest BCUT2D eigenvalue weighted by atomic mass is 14.1. The van der Waals surface area contributed by atoms with Crippen LogP contribution in [0.2, 0.25) is 0 Å². The van der Waals surface area contributed by atoms with Crippen molar-refractivity contribution in [1.82, 2.24) is 0 Å². The molecule has 1 aliphatic carbocycles. The van der Waals surface area contributed by atoms with Crippen LogP contribution < -0.4 is 0 Å². The van der Waals surface area contributed by atoms with Gasteiger partial charge in [0.1, 0.15) is 0 Å². The summed E-state index contributed by atoms with van der Waals surface area (Å²) < 4.78 is 0. The van der Waals surface area contributed by atoms with Crippen LogP contribution in [0.4, 0.5) is 0 Å². The van der Waals surface area contributed by atoms with E-state index in [9.17, 15) is 0 Å². The van der Waals surface area contributed by atoms with E-state index >= 15 is 0 Å². The summed E-state index contributed by atoms with van der Waals surface area (Å²) in [5.74, 6) is 0. The first-order valence-electron chi connectivity index (χ1n) is 5.48. The van der Waals surface area contributed by atoms with Gasteiger partial charge in [0.25, 0.3) is 0 Å². The van der Waals surface area contributed by atoms with Gasteiger partial charge in [-0.05, 0) is 28.3 Å². The highest BCUT2D eigenvalue weighted by Gasteiger charge is 2.08. The van der Waals surface area contributed by atoms with Crippen molar-refractivity contribution in [2.24, 2.45) is 0 Å². The van der Waals surface area contributed by atoms with Crippen molar-refractivity contribution in [2.45, 2.75) is 0 Å². The summed E-state index contributed by atoms with van der Waals surface area (Å²) in [6, 6.07) is 18.9. The molecule has 0 N–H and O–H groups in total. The molecular weight excluding hydrogens is 192 g/mol.